The van der Waals surface area contributed by atoms with E-state index in [4.69, 9.17) is 11.6 Å². The second-order valence-electron chi connectivity index (χ2n) is 4.03. The van der Waals surface area contributed by atoms with E-state index in [2.05, 4.69) is 15.6 Å². The molecule has 0 amide bonds. The molecule has 0 aliphatic carbocycles. The molecule has 1 aromatic carbocycles. The zero-order valence-corrected chi connectivity index (χ0v) is 11.3. The average Bonchev–Trinajstić information content (AvgIpc) is 2.41. The van der Waals surface area contributed by atoms with Gasteiger partial charge in [0.05, 0.1) is 12.4 Å². The summed E-state index contributed by atoms with van der Waals surface area (Å²) in [4.78, 5) is 11.6. The normalized spacial score (nSPS) is 10.9. The van der Waals surface area contributed by atoms with Crippen molar-refractivity contribution in [2.24, 2.45) is 12.1 Å². The number of benzene rings is 1. The van der Waals surface area contributed by atoms with Crippen molar-refractivity contribution in [1.82, 2.24) is 9.78 Å². The van der Waals surface area contributed by atoms with Crippen molar-refractivity contribution in [3.05, 3.63) is 57.0 Å². The maximum atomic E-state index is 11.6. The van der Waals surface area contributed by atoms with E-state index in [9.17, 15) is 4.79 Å². The summed E-state index contributed by atoms with van der Waals surface area (Å²) in [6.45, 7) is 1.99. The van der Waals surface area contributed by atoms with Crippen LogP contribution in [0.15, 0.2) is 40.4 Å². The van der Waals surface area contributed by atoms with E-state index in [1.807, 2.05) is 31.2 Å². The molecule has 0 saturated heterocycles. The summed E-state index contributed by atoms with van der Waals surface area (Å²) in [5.41, 5.74) is 4.84. The molecule has 2 aromatic rings. The fourth-order valence-electron chi connectivity index (χ4n) is 1.49. The summed E-state index contributed by atoms with van der Waals surface area (Å²) in [5.74, 6) is 0. The summed E-state index contributed by atoms with van der Waals surface area (Å²) in [6.07, 6.45) is 3.13. The molecule has 0 atom stereocenters. The zero-order valence-electron chi connectivity index (χ0n) is 10.6. The number of hydrazone groups is 1. The summed E-state index contributed by atoms with van der Waals surface area (Å²) < 4.78 is 1.17. The maximum Gasteiger partial charge on any atom is 0.287 e. The molecule has 19 heavy (non-hydrogen) atoms. The van der Waals surface area contributed by atoms with E-state index in [-0.39, 0.29) is 10.6 Å². The van der Waals surface area contributed by atoms with Crippen molar-refractivity contribution in [1.29, 1.82) is 0 Å². The molecule has 0 saturated carbocycles. The first kappa shape index (κ1) is 13.3. The number of aromatic nitrogens is 2. The first-order valence-electron chi connectivity index (χ1n) is 5.66. The molecule has 0 radical (unpaired) electrons. The topological polar surface area (TPSA) is 59.3 Å². The van der Waals surface area contributed by atoms with Gasteiger partial charge in [0.1, 0.15) is 10.7 Å². The summed E-state index contributed by atoms with van der Waals surface area (Å²) in [5, 5.41) is 7.99. The van der Waals surface area contributed by atoms with Crippen LogP contribution in [0.4, 0.5) is 5.69 Å². The Morgan fingerprint density at radius 2 is 2.16 bits per heavy atom. The van der Waals surface area contributed by atoms with Gasteiger partial charge in [-0.2, -0.15) is 10.2 Å². The minimum Gasteiger partial charge on any atom is -0.275 e. The largest absolute Gasteiger partial charge is 0.287 e. The van der Waals surface area contributed by atoms with Crippen LogP contribution in [0.25, 0.3) is 0 Å². The Morgan fingerprint density at radius 3 is 2.89 bits per heavy atom. The smallest absolute Gasteiger partial charge is 0.275 e. The predicted molar refractivity (Wildman–Crippen MR) is 76.9 cm³/mol. The van der Waals surface area contributed by atoms with E-state index < -0.39 is 0 Å². The van der Waals surface area contributed by atoms with Gasteiger partial charge in [-0.15, -0.1) is 0 Å². The van der Waals surface area contributed by atoms with Gasteiger partial charge in [-0.1, -0.05) is 35.9 Å². The molecule has 1 N–H and O–H groups in total. The van der Waals surface area contributed by atoms with E-state index in [1.165, 1.54) is 17.9 Å². The molecule has 2 rings (SSSR count). The van der Waals surface area contributed by atoms with Crippen LogP contribution in [0.1, 0.15) is 11.1 Å². The van der Waals surface area contributed by atoms with Gasteiger partial charge in [0.15, 0.2) is 0 Å². The highest BCUT2D eigenvalue weighted by molar-refractivity contribution is 6.32. The molecule has 0 bridgehead atoms. The van der Waals surface area contributed by atoms with Crippen LogP contribution in [0, 0.1) is 6.92 Å². The molecule has 1 aromatic heterocycles. The third kappa shape index (κ3) is 3.00. The van der Waals surface area contributed by atoms with Crippen LogP contribution in [-0.2, 0) is 7.05 Å². The number of rotatable bonds is 3. The molecule has 6 heteroatoms. The predicted octanol–water partition coefficient (Wildman–Crippen LogP) is 2.19. The molecule has 5 nitrogen and oxygen atoms in total. The van der Waals surface area contributed by atoms with Gasteiger partial charge in [-0.05, 0) is 18.1 Å². The SMILES string of the molecule is Cc1ccccc1/C=N\Nc1cnn(C)c(=O)c1Cl. The van der Waals surface area contributed by atoms with Crippen molar-refractivity contribution >= 4 is 23.5 Å². The third-order valence-corrected chi connectivity index (χ3v) is 3.02. The number of nitrogens with zero attached hydrogens (tertiary/aromatic N) is 3. The summed E-state index contributed by atoms with van der Waals surface area (Å²) in [6, 6.07) is 7.83. The first-order valence-corrected chi connectivity index (χ1v) is 6.04. The Hall–Kier alpha value is -2.14. The fourth-order valence-corrected chi connectivity index (χ4v) is 1.71. The average molecular weight is 277 g/mol. The van der Waals surface area contributed by atoms with Crippen LogP contribution >= 0.6 is 11.6 Å². The number of anilines is 1. The first-order chi connectivity index (χ1) is 9.09. The molecule has 0 aliphatic heterocycles. The molecule has 0 spiro atoms. The molecular weight excluding hydrogens is 264 g/mol. The molecular formula is C13H13ClN4O. The minimum atomic E-state index is -0.363. The monoisotopic (exact) mass is 276 g/mol. The Kier molecular flexibility index (Phi) is 3.97. The quantitative estimate of drug-likeness (QED) is 0.690. The Morgan fingerprint density at radius 1 is 1.42 bits per heavy atom. The molecule has 1 heterocycles. The Balaban J connectivity index is 2.18. The van der Waals surface area contributed by atoms with Crippen LogP contribution in [0.5, 0.6) is 0 Å². The lowest BCUT2D eigenvalue weighted by Crippen LogP contribution is -2.20. The molecule has 98 valence electrons. The van der Waals surface area contributed by atoms with Crippen LogP contribution in [-0.4, -0.2) is 16.0 Å². The maximum absolute atomic E-state index is 11.6. The lowest BCUT2D eigenvalue weighted by atomic mass is 10.1. The van der Waals surface area contributed by atoms with E-state index >= 15 is 0 Å². The van der Waals surface area contributed by atoms with Gasteiger partial charge < -0.3 is 0 Å². The number of aryl methyl sites for hydroxylation is 2. The lowest BCUT2D eigenvalue weighted by molar-refractivity contribution is 0.708. The zero-order chi connectivity index (χ0) is 13.8. The van der Waals surface area contributed by atoms with Crippen LogP contribution in [0.3, 0.4) is 0 Å². The van der Waals surface area contributed by atoms with Gasteiger partial charge in [0.2, 0.25) is 0 Å². The van der Waals surface area contributed by atoms with Crippen molar-refractivity contribution in [3.63, 3.8) is 0 Å². The Labute approximate surface area is 115 Å². The van der Waals surface area contributed by atoms with E-state index in [0.717, 1.165) is 11.1 Å². The van der Waals surface area contributed by atoms with E-state index in [0.29, 0.717) is 5.69 Å². The number of hydrogen-bond acceptors (Lipinski definition) is 4. The lowest BCUT2D eigenvalue weighted by Gasteiger charge is -2.04. The van der Waals surface area contributed by atoms with Gasteiger partial charge >= 0.3 is 0 Å². The van der Waals surface area contributed by atoms with Crippen molar-refractivity contribution in [2.75, 3.05) is 5.43 Å². The van der Waals surface area contributed by atoms with Gasteiger partial charge in [-0.3, -0.25) is 10.2 Å². The fraction of sp³-hybridized carbons (Fsp3) is 0.154. The van der Waals surface area contributed by atoms with E-state index in [1.54, 1.807) is 6.21 Å². The second kappa shape index (κ2) is 5.67. The molecule has 0 fully saturated rings. The van der Waals surface area contributed by atoms with Crippen molar-refractivity contribution < 1.29 is 0 Å². The highest BCUT2D eigenvalue weighted by Crippen LogP contribution is 2.14. The molecule has 0 unspecified atom stereocenters. The second-order valence-corrected chi connectivity index (χ2v) is 4.41. The van der Waals surface area contributed by atoms with Gasteiger partial charge in [0.25, 0.3) is 5.56 Å². The summed E-state index contributed by atoms with van der Waals surface area (Å²) >= 11 is 5.90. The van der Waals surface area contributed by atoms with Crippen LogP contribution < -0.4 is 11.0 Å². The van der Waals surface area contributed by atoms with Crippen molar-refractivity contribution in [2.45, 2.75) is 6.92 Å². The minimum absolute atomic E-state index is 0.0689. The number of nitrogens with one attached hydrogen (secondary N) is 1. The number of halogens is 1. The van der Waals surface area contributed by atoms with Gasteiger partial charge in [-0.25, -0.2) is 4.68 Å². The third-order valence-electron chi connectivity index (χ3n) is 2.66. The van der Waals surface area contributed by atoms with Crippen LogP contribution in [0.2, 0.25) is 5.02 Å². The standard InChI is InChI=1S/C13H13ClN4O/c1-9-5-3-4-6-10(9)7-15-17-11-8-16-18(2)13(19)12(11)14/h3-8,17H,1-2H3/b15-7-. The Bertz CT molecular complexity index is 679. The molecule has 0 aliphatic rings. The highest BCUT2D eigenvalue weighted by atomic mass is 35.5. The number of hydrogen-bond donors (Lipinski definition) is 1. The highest BCUT2D eigenvalue weighted by Gasteiger charge is 2.05. The van der Waals surface area contributed by atoms with Crippen molar-refractivity contribution in [3.8, 4) is 0 Å². The van der Waals surface area contributed by atoms with Gasteiger partial charge in [0, 0.05) is 7.05 Å². The summed E-state index contributed by atoms with van der Waals surface area (Å²) in [7, 11) is 1.54.